The molecular formula is C14H24N2O2. The van der Waals surface area contributed by atoms with Crippen LogP contribution in [0.15, 0.2) is 18.2 Å². The normalized spacial score (nSPS) is 12.6. The van der Waals surface area contributed by atoms with Gasteiger partial charge < -0.3 is 15.2 Å². The van der Waals surface area contributed by atoms with Gasteiger partial charge >= 0.3 is 0 Å². The first-order valence-electron chi connectivity index (χ1n) is 6.37. The van der Waals surface area contributed by atoms with E-state index in [9.17, 15) is 0 Å². The van der Waals surface area contributed by atoms with Crippen LogP contribution in [0.3, 0.4) is 0 Å². The number of nitrogens with zero attached hydrogens (tertiary/aromatic N) is 1. The summed E-state index contributed by atoms with van der Waals surface area (Å²) in [6.45, 7) is 6.84. The smallest absolute Gasteiger partial charge is 0.161 e. The van der Waals surface area contributed by atoms with Crippen LogP contribution < -0.4 is 15.2 Å². The fourth-order valence-corrected chi connectivity index (χ4v) is 2.22. The summed E-state index contributed by atoms with van der Waals surface area (Å²) in [5.74, 6) is 1.50. The highest BCUT2D eigenvalue weighted by molar-refractivity contribution is 5.43. The lowest BCUT2D eigenvalue weighted by atomic mass is 10.0. The van der Waals surface area contributed by atoms with E-state index < -0.39 is 0 Å². The minimum absolute atomic E-state index is 0.222. The van der Waals surface area contributed by atoms with Crippen LogP contribution in [-0.4, -0.2) is 38.8 Å². The van der Waals surface area contributed by atoms with Gasteiger partial charge in [0.25, 0.3) is 0 Å². The van der Waals surface area contributed by atoms with Gasteiger partial charge in [0.05, 0.1) is 14.2 Å². The third-order valence-electron chi connectivity index (χ3n) is 3.27. The maximum Gasteiger partial charge on any atom is 0.161 e. The lowest BCUT2D eigenvalue weighted by Gasteiger charge is -2.29. The third kappa shape index (κ3) is 3.15. The molecule has 0 aliphatic carbocycles. The van der Waals surface area contributed by atoms with E-state index >= 15 is 0 Å². The van der Waals surface area contributed by atoms with Crippen LogP contribution in [-0.2, 0) is 0 Å². The van der Waals surface area contributed by atoms with Crippen LogP contribution in [0.2, 0.25) is 0 Å². The molecule has 1 aromatic rings. The maximum atomic E-state index is 5.91. The van der Waals surface area contributed by atoms with Crippen molar-refractivity contribution in [2.24, 2.45) is 5.73 Å². The summed E-state index contributed by atoms with van der Waals surface area (Å²) >= 11 is 0. The highest BCUT2D eigenvalue weighted by Crippen LogP contribution is 2.31. The average Bonchev–Trinajstić information content (AvgIpc) is 2.43. The lowest BCUT2D eigenvalue weighted by Crippen LogP contribution is -2.33. The van der Waals surface area contributed by atoms with E-state index in [-0.39, 0.29) is 6.04 Å². The molecule has 0 fully saturated rings. The first kappa shape index (κ1) is 14.8. The molecule has 4 heteroatoms. The van der Waals surface area contributed by atoms with Gasteiger partial charge in [0.15, 0.2) is 11.5 Å². The van der Waals surface area contributed by atoms with E-state index in [0.29, 0.717) is 6.54 Å². The molecule has 0 aliphatic rings. The maximum absolute atomic E-state index is 5.91. The van der Waals surface area contributed by atoms with Crippen molar-refractivity contribution >= 4 is 0 Å². The Morgan fingerprint density at radius 3 is 2.17 bits per heavy atom. The molecule has 0 amide bonds. The monoisotopic (exact) mass is 252 g/mol. The second-order valence-electron chi connectivity index (χ2n) is 4.09. The molecule has 1 rings (SSSR count). The summed E-state index contributed by atoms with van der Waals surface area (Å²) in [4.78, 5) is 2.33. The van der Waals surface area contributed by atoms with Crippen molar-refractivity contribution in [3.05, 3.63) is 23.8 Å². The number of likely N-dealkylation sites (N-methyl/N-ethyl adjacent to an activating group) is 1. The molecule has 0 bridgehead atoms. The number of methoxy groups -OCH3 is 2. The third-order valence-corrected chi connectivity index (χ3v) is 3.27. The van der Waals surface area contributed by atoms with E-state index in [4.69, 9.17) is 15.2 Å². The number of rotatable bonds is 7. The molecule has 2 N–H and O–H groups in total. The van der Waals surface area contributed by atoms with Crippen molar-refractivity contribution in [3.8, 4) is 11.5 Å². The Bertz CT molecular complexity index is 365. The minimum atomic E-state index is 0.222. The van der Waals surface area contributed by atoms with Gasteiger partial charge in [0, 0.05) is 12.6 Å². The lowest BCUT2D eigenvalue weighted by molar-refractivity contribution is 0.223. The summed E-state index contributed by atoms with van der Waals surface area (Å²) in [6.07, 6.45) is 0. The van der Waals surface area contributed by atoms with Crippen LogP contribution in [0.4, 0.5) is 0 Å². The Morgan fingerprint density at radius 2 is 1.72 bits per heavy atom. The van der Waals surface area contributed by atoms with E-state index in [1.807, 2.05) is 12.1 Å². The first-order chi connectivity index (χ1) is 8.71. The van der Waals surface area contributed by atoms with E-state index in [0.717, 1.165) is 24.6 Å². The van der Waals surface area contributed by atoms with Gasteiger partial charge in [-0.25, -0.2) is 0 Å². The largest absolute Gasteiger partial charge is 0.493 e. The Kier molecular flexibility index (Phi) is 5.95. The number of hydrogen-bond acceptors (Lipinski definition) is 4. The van der Waals surface area contributed by atoms with Crippen LogP contribution in [0.5, 0.6) is 11.5 Å². The highest BCUT2D eigenvalue weighted by Gasteiger charge is 2.17. The molecule has 0 spiro atoms. The molecule has 0 saturated heterocycles. The first-order valence-corrected chi connectivity index (χ1v) is 6.37. The van der Waals surface area contributed by atoms with E-state index in [2.05, 4.69) is 24.8 Å². The van der Waals surface area contributed by atoms with Crippen molar-refractivity contribution in [2.75, 3.05) is 33.9 Å². The number of nitrogens with two attached hydrogens (primary N) is 1. The molecule has 0 heterocycles. The van der Waals surface area contributed by atoms with Crippen LogP contribution in [0.25, 0.3) is 0 Å². The number of hydrogen-bond donors (Lipinski definition) is 1. The molecular weight excluding hydrogens is 228 g/mol. The molecule has 102 valence electrons. The van der Waals surface area contributed by atoms with Crippen molar-refractivity contribution in [1.29, 1.82) is 0 Å². The zero-order valence-electron chi connectivity index (χ0n) is 11.8. The SMILES string of the molecule is CCN(CC)[C@@H](CN)c1ccc(OC)c(OC)c1. The number of benzene rings is 1. The zero-order chi connectivity index (χ0) is 13.5. The molecule has 0 saturated carbocycles. The van der Waals surface area contributed by atoms with Gasteiger partial charge in [0.2, 0.25) is 0 Å². The van der Waals surface area contributed by atoms with Crippen LogP contribution in [0.1, 0.15) is 25.5 Å². The number of ether oxygens (including phenoxy) is 2. The molecule has 4 nitrogen and oxygen atoms in total. The highest BCUT2D eigenvalue weighted by atomic mass is 16.5. The van der Waals surface area contributed by atoms with Gasteiger partial charge in [-0.3, -0.25) is 4.90 Å². The van der Waals surface area contributed by atoms with Crippen LogP contribution in [0, 0.1) is 0 Å². The van der Waals surface area contributed by atoms with Gasteiger partial charge in [-0.1, -0.05) is 19.9 Å². The minimum Gasteiger partial charge on any atom is -0.493 e. The van der Waals surface area contributed by atoms with Gasteiger partial charge in [-0.2, -0.15) is 0 Å². The summed E-state index contributed by atoms with van der Waals surface area (Å²) in [7, 11) is 3.29. The average molecular weight is 252 g/mol. The summed E-state index contributed by atoms with van der Waals surface area (Å²) in [5.41, 5.74) is 7.07. The summed E-state index contributed by atoms with van der Waals surface area (Å²) in [5, 5.41) is 0. The van der Waals surface area contributed by atoms with Crippen molar-refractivity contribution in [2.45, 2.75) is 19.9 Å². The quantitative estimate of drug-likeness (QED) is 0.807. The molecule has 1 aromatic carbocycles. The van der Waals surface area contributed by atoms with E-state index in [1.54, 1.807) is 14.2 Å². The van der Waals surface area contributed by atoms with Gasteiger partial charge in [0.1, 0.15) is 0 Å². The molecule has 0 radical (unpaired) electrons. The van der Waals surface area contributed by atoms with Crippen molar-refractivity contribution < 1.29 is 9.47 Å². The molecule has 0 aliphatic heterocycles. The fraction of sp³-hybridized carbons (Fsp3) is 0.571. The van der Waals surface area contributed by atoms with Gasteiger partial charge in [-0.05, 0) is 30.8 Å². The predicted octanol–water partition coefficient (Wildman–Crippen LogP) is 2.05. The fourth-order valence-electron chi connectivity index (χ4n) is 2.22. The second-order valence-corrected chi connectivity index (χ2v) is 4.09. The molecule has 0 aromatic heterocycles. The summed E-state index contributed by atoms with van der Waals surface area (Å²) in [6, 6.07) is 6.21. The summed E-state index contributed by atoms with van der Waals surface area (Å²) < 4.78 is 10.6. The standard InChI is InChI=1S/C14H24N2O2/c1-5-16(6-2)12(10-15)11-7-8-13(17-3)14(9-11)18-4/h7-9,12H,5-6,10,15H2,1-4H3/t12-/m0/s1. The predicted molar refractivity (Wildman–Crippen MR) is 74.3 cm³/mol. The van der Waals surface area contributed by atoms with E-state index in [1.165, 1.54) is 5.56 Å². The molecule has 1 atom stereocenters. The zero-order valence-corrected chi connectivity index (χ0v) is 11.8. The second kappa shape index (κ2) is 7.24. The Morgan fingerprint density at radius 1 is 1.11 bits per heavy atom. The Labute approximate surface area is 110 Å². The molecule has 0 unspecified atom stereocenters. The van der Waals surface area contributed by atoms with Crippen molar-refractivity contribution in [3.63, 3.8) is 0 Å². The Balaban J connectivity index is 3.06. The van der Waals surface area contributed by atoms with Crippen molar-refractivity contribution in [1.82, 2.24) is 4.90 Å². The molecule has 18 heavy (non-hydrogen) atoms. The topological polar surface area (TPSA) is 47.7 Å². The Hall–Kier alpha value is -1.26. The van der Waals surface area contributed by atoms with Gasteiger partial charge in [-0.15, -0.1) is 0 Å². The van der Waals surface area contributed by atoms with Crippen LogP contribution >= 0.6 is 0 Å².